The highest BCUT2D eigenvalue weighted by Crippen LogP contribution is 2.23. The van der Waals surface area contributed by atoms with Crippen molar-refractivity contribution in [2.24, 2.45) is 0 Å². The number of benzene rings is 1. The Balaban J connectivity index is 1.74. The Morgan fingerprint density at radius 3 is 2.58 bits per heavy atom. The van der Waals surface area contributed by atoms with Gasteiger partial charge in [0, 0.05) is 7.05 Å². The summed E-state index contributed by atoms with van der Waals surface area (Å²) in [6, 6.07) is 11.0. The van der Waals surface area contributed by atoms with Crippen molar-refractivity contribution in [2.45, 2.75) is 33.9 Å². The molecular weight excluding hydrogens is 332 g/mol. The number of carbonyl (C=O) groups excluding carboxylic acids is 1. The van der Waals surface area contributed by atoms with Crippen molar-refractivity contribution in [2.75, 3.05) is 7.05 Å². The molecule has 0 saturated carbocycles. The van der Waals surface area contributed by atoms with Gasteiger partial charge in [0.15, 0.2) is 0 Å². The number of ether oxygens (including phenoxy) is 1. The number of hydrogen-bond donors (Lipinski definition) is 0. The third-order valence-corrected chi connectivity index (χ3v) is 4.21. The van der Waals surface area contributed by atoms with Crippen LogP contribution in [0.3, 0.4) is 0 Å². The normalized spacial score (nSPS) is 10.8. The van der Waals surface area contributed by atoms with Crippen LogP contribution in [0.15, 0.2) is 45.3 Å². The molecule has 0 saturated heterocycles. The lowest BCUT2D eigenvalue weighted by atomic mass is 10.1. The first kappa shape index (κ1) is 17.8. The van der Waals surface area contributed by atoms with Crippen molar-refractivity contribution >= 4 is 5.91 Å². The number of amides is 1. The van der Waals surface area contributed by atoms with E-state index in [1.165, 1.54) is 0 Å². The minimum absolute atomic E-state index is 0.131. The zero-order valence-corrected chi connectivity index (χ0v) is 15.4. The summed E-state index contributed by atoms with van der Waals surface area (Å²) in [4.78, 5) is 14.5. The molecule has 0 aliphatic carbocycles. The number of nitrogens with zero attached hydrogens (tertiary/aromatic N) is 2. The van der Waals surface area contributed by atoms with Crippen LogP contribution in [0.25, 0.3) is 0 Å². The Hall–Kier alpha value is -3.02. The molecular formula is C20H22N2O4. The van der Waals surface area contributed by atoms with Crippen LogP contribution in [0.1, 0.15) is 38.9 Å². The second kappa shape index (κ2) is 7.47. The number of para-hydroxylation sites is 1. The minimum atomic E-state index is -0.131. The predicted molar refractivity (Wildman–Crippen MR) is 96.0 cm³/mol. The summed E-state index contributed by atoms with van der Waals surface area (Å²) in [6.07, 6.45) is 0. The van der Waals surface area contributed by atoms with Gasteiger partial charge in [0.2, 0.25) is 0 Å². The molecule has 136 valence electrons. The highest BCUT2D eigenvalue weighted by atomic mass is 16.5. The van der Waals surface area contributed by atoms with Crippen molar-refractivity contribution in [3.63, 3.8) is 0 Å². The molecule has 6 nitrogen and oxygen atoms in total. The monoisotopic (exact) mass is 354 g/mol. The van der Waals surface area contributed by atoms with Gasteiger partial charge < -0.3 is 18.6 Å². The van der Waals surface area contributed by atoms with Crippen molar-refractivity contribution in [1.82, 2.24) is 10.1 Å². The molecule has 2 aromatic heterocycles. The van der Waals surface area contributed by atoms with Gasteiger partial charge in [-0.1, -0.05) is 17.3 Å². The van der Waals surface area contributed by atoms with Gasteiger partial charge in [0.1, 0.15) is 29.6 Å². The fourth-order valence-electron chi connectivity index (χ4n) is 2.71. The van der Waals surface area contributed by atoms with Crippen LogP contribution in [-0.2, 0) is 13.2 Å². The molecule has 6 heteroatoms. The summed E-state index contributed by atoms with van der Waals surface area (Å²) in [7, 11) is 1.74. The molecule has 0 fully saturated rings. The quantitative estimate of drug-likeness (QED) is 0.668. The molecule has 0 radical (unpaired) electrons. The van der Waals surface area contributed by atoms with E-state index in [-0.39, 0.29) is 5.91 Å². The van der Waals surface area contributed by atoms with Gasteiger partial charge in [-0.2, -0.15) is 0 Å². The van der Waals surface area contributed by atoms with Gasteiger partial charge in [-0.3, -0.25) is 4.79 Å². The number of furan rings is 1. The number of carbonyl (C=O) groups is 1. The summed E-state index contributed by atoms with van der Waals surface area (Å²) >= 11 is 0. The minimum Gasteiger partial charge on any atom is -0.488 e. The fraction of sp³-hybridized carbons (Fsp3) is 0.300. The highest BCUT2D eigenvalue weighted by Gasteiger charge is 2.19. The van der Waals surface area contributed by atoms with E-state index in [0.717, 1.165) is 28.5 Å². The summed E-state index contributed by atoms with van der Waals surface area (Å²) in [5.74, 6) is 2.68. The van der Waals surface area contributed by atoms with E-state index in [0.29, 0.717) is 24.5 Å². The zero-order valence-electron chi connectivity index (χ0n) is 15.4. The van der Waals surface area contributed by atoms with Gasteiger partial charge in [-0.05, 0) is 45.0 Å². The first-order valence-corrected chi connectivity index (χ1v) is 8.40. The van der Waals surface area contributed by atoms with Crippen LogP contribution < -0.4 is 4.74 Å². The Morgan fingerprint density at radius 1 is 1.15 bits per heavy atom. The third kappa shape index (κ3) is 3.79. The van der Waals surface area contributed by atoms with Crippen molar-refractivity contribution < 1.29 is 18.5 Å². The van der Waals surface area contributed by atoms with E-state index in [2.05, 4.69) is 5.16 Å². The van der Waals surface area contributed by atoms with Crippen molar-refractivity contribution in [1.29, 1.82) is 0 Å². The smallest absolute Gasteiger partial charge is 0.257 e. The zero-order chi connectivity index (χ0) is 18.7. The largest absolute Gasteiger partial charge is 0.488 e. The second-order valence-electron chi connectivity index (χ2n) is 6.26. The summed E-state index contributed by atoms with van der Waals surface area (Å²) < 4.78 is 16.6. The molecule has 1 amide bonds. The van der Waals surface area contributed by atoms with Crippen LogP contribution in [0.4, 0.5) is 0 Å². The van der Waals surface area contributed by atoms with Crippen LogP contribution >= 0.6 is 0 Å². The summed E-state index contributed by atoms with van der Waals surface area (Å²) in [5, 5.41) is 3.92. The number of aryl methyl sites for hydroxylation is 3. The van der Waals surface area contributed by atoms with E-state index in [1.807, 2.05) is 45.0 Å². The molecule has 3 aromatic rings. The SMILES string of the molecule is Cc1ccc(CN(C)C(=O)c2ccccc2OCc2c(C)noc2C)o1. The predicted octanol–water partition coefficient (Wildman–Crippen LogP) is 4.04. The Morgan fingerprint density at radius 2 is 1.92 bits per heavy atom. The van der Waals surface area contributed by atoms with E-state index in [1.54, 1.807) is 24.1 Å². The van der Waals surface area contributed by atoms with E-state index in [9.17, 15) is 4.79 Å². The van der Waals surface area contributed by atoms with Crippen molar-refractivity contribution in [3.8, 4) is 5.75 Å². The Kier molecular flexibility index (Phi) is 5.11. The lowest BCUT2D eigenvalue weighted by Crippen LogP contribution is -2.26. The number of rotatable bonds is 6. The molecule has 0 aliphatic heterocycles. The van der Waals surface area contributed by atoms with E-state index in [4.69, 9.17) is 13.7 Å². The number of hydrogen-bond acceptors (Lipinski definition) is 5. The Bertz CT molecular complexity index is 891. The molecule has 2 heterocycles. The fourth-order valence-corrected chi connectivity index (χ4v) is 2.71. The third-order valence-electron chi connectivity index (χ3n) is 4.21. The average Bonchev–Trinajstić information content (AvgIpc) is 3.18. The maximum Gasteiger partial charge on any atom is 0.257 e. The van der Waals surface area contributed by atoms with Crippen LogP contribution in [0.2, 0.25) is 0 Å². The van der Waals surface area contributed by atoms with Gasteiger partial charge in [0.05, 0.1) is 23.4 Å². The molecule has 0 unspecified atom stereocenters. The topological polar surface area (TPSA) is 68.7 Å². The molecule has 26 heavy (non-hydrogen) atoms. The summed E-state index contributed by atoms with van der Waals surface area (Å²) in [6.45, 7) is 6.28. The van der Waals surface area contributed by atoms with E-state index < -0.39 is 0 Å². The maximum absolute atomic E-state index is 12.8. The van der Waals surface area contributed by atoms with Crippen LogP contribution in [0.5, 0.6) is 5.75 Å². The van der Waals surface area contributed by atoms with Gasteiger partial charge in [-0.15, -0.1) is 0 Å². The first-order chi connectivity index (χ1) is 12.5. The van der Waals surface area contributed by atoms with Crippen LogP contribution in [0, 0.1) is 20.8 Å². The second-order valence-corrected chi connectivity index (χ2v) is 6.26. The van der Waals surface area contributed by atoms with Gasteiger partial charge >= 0.3 is 0 Å². The highest BCUT2D eigenvalue weighted by molar-refractivity contribution is 5.96. The van der Waals surface area contributed by atoms with Gasteiger partial charge in [-0.25, -0.2) is 0 Å². The molecule has 0 bridgehead atoms. The van der Waals surface area contributed by atoms with E-state index >= 15 is 0 Å². The maximum atomic E-state index is 12.8. The molecule has 0 atom stereocenters. The number of aromatic nitrogens is 1. The van der Waals surface area contributed by atoms with Gasteiger partial charge in [0.25, 0.3) is 5.91 Å². The molecule has 0 N–H and O–H groups in total. The van der Waals surface area contributed by atoms with Crippen molar-refractivity contribution in [3.05, 3.63) is 70.5 Å². The standard InChI is InChI=1S/C20H22N2O4/c1-13-9-10-16(25-13)11-22(4)20(23)17-7-5-6-8-19(17)24-12-18-14(2)21-26-15(18)3/h5-10H,11-12H2,1-4H3. The average molecular weight is 354 g/mol. The molecule has 3 rings (SSSR count). The van der Waals surface area contributed by atoms with Crippen LogP contribution in [-0.4, -0.2) is 23.0 Å². The lowest BCUT2D eigenvalue weighted by molar-refractivity contribution is 0.0770. The molecule has 1 aromatic carbocycles. The molecule has 0 aliphatic rings. The lowest BCUT2D eigenvalue weighted by Gasteiger charge is -2.18. The first-order valence-electron chi connectivity index (χ1n) is 8.40. The Labute approximate surface area is 152 Å². The summed E-state index contributed by atoms with van der Waals surface area (Å²) in [5.41, 5.74) is 2.19. The molecule has 0 spiro atoms.